The van der Waals surface area contributed by atoms with Crippen LogP contribution in [-0.4, -0.2) is 31.5 Å². The molecule has 1 aromatic rings. The maximum absolute atomic E-state index is 9.13. The summed E-state index contributed by atoms with van der Waals surface area (Å²) in [6.07, 6.45) is 0. The first-order valence-corrected chi connectivity index (χ1v) is 5.57. The molecule has 0 aliphatic carbocycles. The van der Waals surface area contributed by atoms with E-state index in [9.17, 15) is 0 Å². The molecule has 90 valence electrons. The Morgan fingerprint density at radius 1 is 1.31 bits per heavy atom. The van der Waals surface area contributed by atoms with Gasteiger partial charge in [-0.3, -0.25) is 0 Å². The van der Waals surface area contributed by atoms with Gasteiger partial charge in [0.15, 0.2) is 0 Å². The zero-order valence-corrected chi connectivity index (χ0v) is 10.3. The van der Waals surface area contributed by atoms with E-state index in [0.717, 1.165) is 6.54 Å². The second-order valence-electron chi connectivity index (χ2n) is 4.09. The Hall–Kier alpha value is -0.900. The van der Waals surface area contributed by atoms with Crippen molar-refractivity contribution in [3.05, 3.63) is 34.9 Å². The first-order valence-electron chi connectivity index (χ1n) is 5.57. The molecule has 1 unspecified atom stereocenters. The summed E-state index contributed by atoms with van der Waals surface area (Å²) < 4.78 is 5.02. The lowest BCUT2D eigenvalue weighted by atomic mass is 10.0. The normalized spacial score (nSPS) is 12.8. The lowest BCUT2D eigenvalue weighted by Gasteiger charge is -2.17. The van der Waals surface area contributed by atoms with Crippen molar-refractivity contribution in [2.24, 2.45) is 0 Å². The molecule has 0 fully saturated rings. The van der Waals surface area contributed by atoms with Gasteiger partial charge in [0, 0.05) is 13.7 Å². The van der Waals surface area contributed by atoms with Crippen LogP contribution in [0.2, 0.25) is 0 Å². The van der Waals surface area contributed by atoms with Crippen molar-refractivity contribution in [3.63, 3.8) is 0 Å². The molecule has 3 heteroatoms. The second-order valence-corrected chi connectivity index (χ2v) is 4.09. The molecule has 0 amide bonds. The SMILES string of the molecule is COCC(CO)NCc1c(C)cccc1C. The van der Waals surface area contributed by atoms with E-state index >= 15 is 0 Å². The number of rotatable bonds is 6. The quantitative estimate of drug-likeness (QED) is 0.766. The minimum Gasteiger partial charge on any atom is -0.395 e. The monoisotopic (exact) mass is 223 g/mol. The van der Waals surface area contributed by atoms with E-state index in [-0.39, 0.29) is 12.6 Å². The fraction of sp³-hybridized carbons (Fsp3) is 0.538. The third kappa shape index (κ3) is 3.59. The highest BCUT2D eigenvalue weighted by molar-refractivity contribution is 5.33. The molecule has 0 spiro atoms. The number of aryl methyl sites for hydroxylation is 2. The molecule has 1 atom stereocenters. The number of nitrogens with one attached hydrogen (secondary N) is 1. The summed E-state index contributed by atoms with van der Waals surface area (Å²) in [7, 11) is 1.64. The number of hydrogen-bond donors (Lipinski definition) is 2. The summed E-state index contributed by atoms with van der Waals surface area (Å²) in [5, 5.41) is 12.4. The Bertz CT molecular complexity index is 305. The third-order valence-corrected chi connectivity index (χ3v) is 2.80. The summed E-state index contributed by atoms with van der Waals surface area (Å²) in [6.45, 7) is 5.61. The first-order chi connectivity index (χ1) is 7.69. The van der Waals surface area contributed by atoms with E-state index in [1.54, 1.807) is 7.11 Å². The molecule has 0 aliphatic rings. The lowest BCUT2D eigenvalue weighted by molar-refractivity contribution is 0.128. The zero-order chi connectivity index (χ0) is 12.0. The largest absolute Gasteiger partial charge is 0.395 e. The van der Waals surface area contributed by atoms with Crippen LogP contribution in [0.15, 0.2) is 18.2 Å². The Balaban J connectivity index is 2.59. The van der Waals surface area contributed by atoms with Crippen LogP contribution in [0.4, 0.5) is 0 Å². The number of methoxy groups -OCH3 is 1. The molecule has 16 heavy (non-hydrogen) atoms. The van der Waals surface area contributed by atoms with E-state index in [2.05, 4.69) is 37.4 Å². The van der Waals surface area contributed by atoms with Crippen LogP contribution >= 0.6 is 0 Å². The molecule has 0 radical (unpaired) electrons. The molecule has 0 bridgehead atoms. The molecule has 1 rings (SSSR count). The van der Waals surface area contributed by atoms with Gasteiger partial charge in [-0.05, 0) is 30.5 Å². The maximum atomic E-state index is 9.13. The van der Waals surface area contributed by atoms with Crippen LogP contribution in [-0.2, 0) is 11.3 Å². The smallest absolute Gasteiger partial charge is 0.0638 e. The van der Waals surface area contributed by atoms with E-state index in [1.807, 2.05) is 0 Å². The average molecular weight is 223 g/mol. The van der Waals surface area contributed by atoms with Gasteiger partial charge in [-0.15, -0.1) is 0 Å². The summed E-state index contributed by atoms with van der Waals surface area (Å²) in [4.78, 5) is 0. The van der Waals surface area contributed by atoms with Crippen LogP contribution in [0.3, 0.4) is 0 Å². The average Bonchev–Trinajstić information content (AvgIpc) is 2.27. The van der Waals surface area contributed by atoms with Gasteiger partial charge in [0.1, 0.15) is 0 Å². The predicted molar refractivity (Wildman–Crippen MR) is 65.5 cm³/mol. The standard InChI is InChI=1S/C13H21NO2/c1-10-5-4-6-11(2)13(10)7-14-12(8-15)9-16-3/h4-6,12,14-15H,7-9H2,1-3H3. The van der Waals surface area contributed by atoms with Crippen LogP contribution < -0.4 is 5.32 Å². The molecule has 0 aromatic heterocycles. The Kier molecular flexibility index (Phi) is 5.46. The molecule has 0 saturated heterocycles. The van der Waals surface area contributed by atoms with Gasteiger partial charge in [0.25, 0.3) is 0 Å². The van der Waals surface area contributed by atoms with E-state index in [1.165, 1.54) is 16.7 Å². The summed E-state index contributed by atoms with van der Waals surface area (Å²) in [5.41, 5.74) is 3.86. The fourth-order valence-corrected chi connectivity index (χ4v) is 1.75. The highest BCUT2D eigenvalue weighted by Crippen LogP contribution is 2.12. The van der Waals surface area contributed by atoms with Crippen molar-refractivity contribution in [2.75, 3.05) is 20.3 Å². The Morgan fingerprint density at radius 3 is 2.44 bits per heavy atom. The van der Waals surface area contributed by atoms with Crippen LogP contribution in [0.1, 0.15) is 16.7 Å². The number of hydrogen-bond acceptors (Lipinski definition) is 3. The van der Waals surface area contributed by atoms with Crippen molar-refractivity contribution < 1.29 is 9.84 Å². The number of ether oxygens (including phenoxy) is 1. The van der Waals surface area contributed by atoms with Gasteiger partial charge in [-0.1, -0.05) is 18.2 Å². The van der Waals surface area contributed by atoms with Crippen molar-refractivity contribution in [2.45, 2.75) is 26.4 Å². The predicted octanol–water partition coefficient (Wildman–Crippen LogP) is 1.40. The molecule has 1 aromatic carbocycles. The third-order valence-electron chi connectivity index (χ3n) is 2.80. The van der Waals surface area contributed by atoms with Crippen molar-refractivity contribution in [3.8, 4) is 0 Å². The first kappa shape index (κ1) is 13.2. The van der Waals surface area contributed by atoms with Crippen molar-refractivity contribution in [1.29, 1.82) is 0 Å². The molecular formula is C13H21NO2. The molecule has 0 saturated carbocycles. The molecule has 3 nitrogen and oxygen atoms in total. The number of aliphatic hydroxyl groups is 1. The van der Waals surface area contributed by atoms with Gasteiger partial charge in [-0.2, -0.15) is 0 Å². The van der Waals surface area contributed by atoms with Crippen molar-refractivity contribution >= 4 is 0 Å². The summed E-state index contributed by atoms with van der Waals surface area (Å²) in [6, 6.07) is 6.28. The molecule has 0 aliphatic heterocycles. The van der Waals surface area contributed by atoms with Crippen molar-refractivity contribution in [1.82, 2.24) is 5.32 Å². The van der Waals surface area contributed by atoms with E-state index in [0.29, 0.717) is 6.61 Å². The second kappa shape index (κ2) is 6.63. The zero-order valence-electron chi connectivity index (χ0n) is 10.3. The van der Waals surface area contributed by atoms with Gasteiger partial charge in [0.2, 0.25) is 0 Å². The minimum absolute atomic E-state index is 0.00371. The van der Waals surface area contributed by atoms with E-state index in [4.69, 9.17) is 9.84 Å². The minimum atomic E-state index is 0.00371. The number of benzene rings is 1. The molecule has 2 N–H and O–H groups in total. The van der Waals surface area contributed by atoms with Gasteiger partial charge in [0.05, 0.1) is 19.3 Å². The summed E-state index contributed by atoms with van der Waals surface area (Å²) >= 11 is 0. The van der Waals surface area contributed by atoms with Crippen LogP contribution in [0, 0.1) is 13.8 Å². The highest BCUT2D eigenvalue weighted by Gasteiger charge is 2.08. The van der Waals surface area contributed by atoms with Crippen LogP contribution in [0.5, 0.6) is 0 Å². The van der Waals surface area contributed by atoms with Gasteiger partial charge in [-0.25, -0.2) is 0 Å². The molecule has 0 heterocycles. The topological polar surface area (TPSA) is 41.5 Å². The van der Waals surface area contributed by atoms with Gasteiger partial charge < -0.3 is 15.2 Å². The van der Waals surface area contributed by atoms with Gasteiger partial charge >= 0.3 is 0 Å². The van der Waals surface area contributed by atoms with E-state index < -0.39 is 0 Å². The highest BCUT2D eigenvalue weighted by atomic mass is 16.5. The summed E-state index contributed by atoms with van der Waals surface area (Å²) in [5.74, 6) is 0. The lowest BCUT2D eigenvalue weighted by Crippen LogP contribution is -2.36. The molecular weight excluding hydrogens is 202 g/mol. The maximum Gasteiger partial charge on any atom is 0.0638 e. The number of aliphatic hydroxyl groups excluding tert-OH is 1. The van der Waals surface area contributed by atoms with Crippen LogP contribution in [0.25, 0.3) is 0 Å². The Morgan fingerprint density at radius 2 is 1.94 bits per heavy atom. The Labute approximate surface area is 97.4 Å². The fourth-order valence-electron chi connectivity index (χ4n) is 1.75.